The number of fused-ring (bicyclic) bond motifs is 4. The molecule has 1 amide bonds. The summed E-state index contributed by atoms with van der Waals surface area (Å²) in [5.74, 6) is 0.743. The first kappa shape index (κ1) is 22.3. The number of likely N-dealkylation sites (N-methyl/N-ethyl adjacent to an activating group) is 1. The van der Waals surface area contributed by atoms with Crippen LogP contribution in [0, 0.1) is 5.92 Å². The highest BCUT2D eigenvalue weighted by atomic mass is 16.5. The lowest BCUT2D eigenvalue weighted by molar-refractivity contribution is -0.134. The summed E-state index contributed by atoms with van der Waals surface area (Å²) in [4.78, 5) is 32.7. The first-order chi connectivity index (χ1) is 16.0. The van der Waals surface area contributed by atoms with Crippen molar-refractivity contribution in [1.82, 2.24) is 19.3 Å². The Kier molecular flexibility index (Phi) is 6.36. The summed E-state index contributed by atoms with van der Waals surface area (Å²) in [5.41, 5.74) is 4.18. The second kappa shape index (κ2) is 9.41. The van der Waals surface area contributed by atoms with Crippen molar-refractivity contribution in [2.75, 3.05) is 60.0 Å². The number of hydrogen-bond donors (Lipinski definition) is 0. The highest BCUT2D eigenvalue weighted by molar-refractivity contribution is 5.78. The van der Waals surface area contributed by atoms with Gasteiger partial charge in [-0.3, -0.25) is 14.5 Å². The van der Waals surface area contributed by atoms with E-state index in [1.807, 2.05) is 40.6 Å². The highest BCUT2D eigenvalue weighted by Gasteiger charge is 2.36. The van der Waals surface area contributed by atoms with Crippen LogP contribution < -0.4 is 5.56 Å². The number of benzene rings is 1. The SMILES string of the molecule is CN(C)CC(=O)N1C[C@H]2C[C@H](C1)c1ccc(-c3ccccc3CN3CCOCC3)c(=O)n1C2. The van der Waals surface area contributed by atoms with Gasteiger partial charge < -0.3 is 19.1 Å². The Balaban J connectivity index is 1.43. The zero-order chi connectivity index (χ0) is 22.9. The lowest BCUT2D eigenvalue weighted by Gasteiger charge is -2.43. The molecule has 7 heteroatoms. The minimum Gasteiger partial charge on any atom is -0.379 e. The standard InChI is InChI=1S/C26H34N4O3/c1-27(2)18-25(31)29-14-19-13-21(17-29)24-8-7-23(26(32)30(24)15-19)22-6-4-3-5-20(22)16-28-9-11-33-12-10-28/h3-8,19,21H,9-18H2,1-2H3/t19-,21-/m1/s1. The first-order valence-electron chi connectivity index (χ1n) is 12.0. The summed E-state index contributed by atoms with van der Waals surface area (Å²) < 4.78 is 7.48. The largest absolute Gasteiger partial charge is 0.379 e. The Morgan fingerprint density at radius 2 is 1.82 bits per heavy atom. The lowest BCUT2D eigenvalue weighted by atomic mass is 9.82. The molecule has 3 aliphatic rings. The summed E-state index contributed by atoms with van der Waals surface area (Å²) >= 11 is 0. The van der Waals surface area contributed by atoms with Crippen LogP contribution in [0.5, 0.6) is 0 Å². The Morgan fingerprint density at radius 3 is 2.61 bits per heavy atom. The van der Waals surface area contributed by atoms with Gasteiger partial charge in [-0.05, 0) is 49.7 Å². The number of likely N-dealkylation sites (tertiary alicyclic amines) is 1. The van der Waals surface area contributed by atoms with E-state index in [0.29, 0.717) is 25.6 Å². The fourth-order valence-corrected chi connectivity index (χ4v) is 5.65. The van der Waals surface area contributed by atoms with Crippen molar-refractivity contribution in [2.24, 2.45) is 5.92 Å². The number of rotatable bonds is 5. The molecule has 0 saturated carbocycles. The molecular formula is C26H34N4O3. The fraction of sp³-hybridized carbons (Fsp3) is 0.538. The van der Waals surface area contributed by atoms with Crippen LogP contribution in [0.2, 0.25) is 0 Å². The molecule has 0 radical (unpaired) electrons. The van der Waals surface area contributed by atoms with Gasteiger partial charge in [0.15, 0.2) is 0 Å². The van der Waals surface area contributed by atoms with Gasteiger partial charge in [-0.1, -0.05) is 24.3 Å². The minimum absolute atomic E-state index is 0.102. The predicted molar refractivity (Wildman–Crippen MR) is 128 cm³/mol. The van der Waals surface area contributed by atoms with E-state index in [4.69, 9.17) is 4.74 Å². The monoisotopic (exact) mass is 450 g/mol. The third kappa shape index (κ3) is 4.63. The van der Waals surface area contributed by atoms with Crippen LogP contribution in [0.3, 0.4) is 0 Å². The van der Waals surface area contributed by atoms with Gasteiger partial charge in [0.05, 0.1) is 19.8 Å². The summed E-state index contributed by atoms with van der Waals surface area (Å²) in [6.07, 6.45) is 1.05. The molecule has 2 fully saturated rings. The third-order valence-corrected chi connectivity index (χ3v) is 7.21. The van der Waals surface area contributed by atoms with Crippen LogP contribution in [-0.4, -0.2) is 85.2 Å². The van der Waals surface area contributed by atoms with E-state index >= 15 is 0 Å². The average molecular weight is 451 g/mol. The topological polar surface area (TPSA) is 58.0 Å². The van der Waals surface area contributed by atoms with Crippen molar-refractivity contribution >= 4 is 5.91 Å². The van der Waals surface area contributed by atoms with E-state index in [1.165, 1.54) is 5.56 Å². The van der Waals surface area contributed by atoms with Gasteiger partial charge in [0.1, 0.15) is 0 Å². The summed E-state index contributed by atoms with van der Waals surface area (Å²) in [6, 6.07) is 12.4. The van der Waals surface area contributed by atoms with E-state index in [-0.39, 0.29) is 17.4 Å². The molecule has 2 atom stereocenters. The second-order valence-electron chi connectivity index (χ2n) is 9.97. The minimum atomic E-state index is 0.102. The van der Waals surface area contributed by atoms with Gasteiger partial charge in [0.25, 0.3) is 5.56 Å². The number of hydrogen-bond acceptors (Lipinski definition) is 5. The highest BCUT2D eigenvalue weighted by Crippen LogP contribution is 2.36. The van der Waals surface area contributed by atoms with E-state index < -0.39 is 0 Å². The third-order valence-electron chi connectivity index (χ3n) is 7.21. The Bertz CT molecular complexity index is 1070. The molecule has 0 aliphatic carbocycles. The first-order valence-corrected chi connectivity index (χ1v) is 12.0. The Labute approximate surface area is 195 Å². The number of piperidine rings is 1. The molecule has 5 rings (SSSR count). The van der Waals surface area contributed by atoms with Crippen LogP contribution in [0.4, 0.5) is 0 Å². The normalized spacial score (nSPS) is 22.9. The van der Waals surface area contributed by atoms with Gasteiger partial charge in [-0.2, -0.15) is 0 Å². The van der Waals surface area contributed by atoms with Gasteiger partial charge in [-0.25, -0.2) is 0 Å². The van der Waals surface area contributed by atoms with Gasteiger partial charge in [0, 0.05) is 56.4 Å². The molecule has 1 aromatic heterocycles. The van der Waals surface area contributed by atoms with Crippen molar-refractivity contribution < 1.29 is 9.53 Å². The molecule has 2 saturated heterocycles. The molecule has 1 aromatic carbocycles. The summed E-state index contributed by atoms with van der Waals surface area (Å²) in [5, 5.41) is 0. The van der Waals surface area contributed by atoms with E-state index in [2.05, 4.69) is 29.2 Å². The Morgan fingerprint density at radius 1 is 1.03 bits per heavy atom. The maximum atomic E-state index is 13.7. The molecule has 0 unspecified atom stereocenters. The molecular weight excluding hydrogens is 416 g/mol. The number of carbonyl (C=O) groups is 1. The van der Waals surface area contributed by atoms with Crippen molar-refractivity contribution in [3.05, 3.63) is 58.0 Å². The zero-order valence-corrected chi connectivity index (χ0v) is 19.7. The van der Waals surface area contributed by atoms with Crippen LogP contribution in [0.15, 0.2) is 41.2 Å². The maximum absolute atomic E-state index is 13.7. The molecule has 2 aromatic rings. The fourth-order valence-electron chi connectivity index (χ4n) is 5.65. The summed E-state index contributed by atoms with van der Waals surface area (Å²) in [6.45, 7) is 6.77. The van der Waals surface area contributed by atoms with Crippen molar-refractivity contribution in [1.29, 1.82) is 0 Å². The van der Waals surface area contributed by atoms with E-state index in [0.717, 1.165) is 62.6 Å². The maximum Gasteiger partial charge on any atom is 0.258 e. The van der Waals surface area contributed by atoms with Crippen LogP contribution >= 0.6 is 0 Å². The van der Waals surface area contributed by atoms with E-state index in [9.17, 15) is 9.59 Å². The van der Waals surface area contributed by atoms with Crippen molar-refractivity contribution in [3.8, 4) is 11.1 Å². The molecule has 2 bridgehead atoms. The number of ether oxygens (including phenoxy) is 1. The quantitative estimate of drug-likeness (QED) is 0.696. The number of morpholine rings is 1. The number of aromatic nitrogens is 1. The smallest absolute Gasteiger partial charge is 0.258 e. The molecule has 7 nitrogen and oxygen atoms in total. The Hall–Kier alpha value is -2.48. The number of carbonyl (C=O) groups excluding carboxylic acids is 1. The molecule has 176 valence electrons. The van der Waals surface area contributed by atoms with Crippen molar-refractivity contribution in [2.45, 2.75) is 25.4 Å². The van der Waals surface area contributed by atoms with Gasteiger partial charge >= 0.3 is 0 Å². The second-order valence-corrected chi connectivity index (χ2v) is 9.97. The number of amides is 1. The molecule has 0 spiro atoms. The van der Waals surface area contributed by atoms with Gasteiger partial charge in [0.2, 0.25) is 5.91 Å². The zero-order valence-electron chi connectivity index (χ0n) is 19.7. The summed E-state index contributed by atoms with van der Waals surface area (Å²) in [7, 11) is 3.85. The predicted octanol–water partition coefficient (Wildman–Crippen LogP) is 1.85. The lowest BCUT2D eigenvalue weighted by Crippen LogP contribution is -2.51. The van der Waals surface area contributed by atoms with Crippen LogP contribution in [0.25, 0.3) is 11.1 Å². The van der Waals surface area contributed by atoms with Gasteiger partial charge in [-0.15, -0.1) is 0 Å². The molecule has 33 heavy (non-hydrogen) atoms. The number of nitrogens with zero attached hydrogens (tertiary/aromatic N) is 4. The average Bonchev–Trinajstić information content (AvgIpc) is 2.80. The van der Waals surface area contributed by atoms with Crippen LogP contribution in [0.1, 0.15) is 23.6 Å². The number of pyridine rings is 1. The van der Waals surface area contributed by atoms with E-state index in [1.54, 1.807) is 0 Å². The van der Waals surface area contributed by atoms with Crippen LogP contribution in [-0.2, 0) is 22.6 Å². The molecule has 3 aliphatic heterocycles. The molecule has 4 heterocycles. The molecule has 0 N–H and O–H groups in total. The van der Waals surface area contributed by atoms with Crippen molar-refractivity contribution in [3.63, 3.8) is 0 Å².